The maximum Gasteiger partial charge on any atom is 0.119 e. The molecular weight excluding hydrogens is 278 g/mol. The molecule has 0 saturated carbocycles. The summed E-state index contributed by atoms with van der Waals surface area (Å²) in [5.74, 6) is 0.912. The minimum Gasteiger partial charge on any atom is -0.494 e. The Bertz CT molecular complexity index is 540. The molecule has 1 aromatic carbocycles. The molecule has 0 fully saturated rings. The molecule has 0 bridgehead atoms. The Balaban J connectivity index is 1.75. The van der Waals surface area contributed by atoms with Crippen LogP contribution in [0.3, 0.4) is 0 Å². The second-order valence-electron chi connectivity index (χ2n) is 5.34. The summed E-state index contributed by atoms with van der Waals surface area (Å²) in [6, 6.07) is 9.86. The van der Waals surface area contributed by atoms with Crippen LogP contribution in [0.4, 0.5) is 0 Å². The average molecular weight is 303 g/mol. The molecule has 120 valence electrons. The van der Waals surface area contributed by atoms with Crippen molar-refractivity contribution in [1.29, 1.82) is 0 Å². The van der Waals surface area contributed by atoms with E-state index in [9.17, 15) is 5.11 Å². The molecule has 0 saturated heterocycles. The molecule has 0 radical (unpaired) electrons. The Morgan fingerprint density at radius 2 is 1.95 bits per heavy atom. The largest absolute Gasteiger partial charge is 0.494 e. The zero-order chi connectivity index (χ0) is 15.6. The zero-order valence-electron chi connectivity index (χ0n) is 13.2. The van der Waals surface area contributed by atoms with Gasteiger partial charge in [-0.05, 0) is 37.8 Å². The molecular formula is C17H25N3O2. The molecule has 0 aliphatic carbocycles. The van der Waals surface area contributed by atoms with Gasteiger partial charge in [-0.15, -0.1) is 5.10 Å². The van der Waals surface area contributed by atoms with Crippen LogP contribution in [0.2, 0.25) is 0 Å². The molecule has 5 heteroatoms. The molecule has 0 unspecified atom stereocenters. The highest BCUT2D eigenvalue weighted by molar-refractivity contribution is 5.20. The number of rotatable bonds is 10. The van der Waals surface area contributed by atoms with Crippen LogP contribution >= 0.6 is 0 Å². The monoisotopic (exact) mass is 303 g/mol. The minimum atomic E-state index is -0.0316. The van der Waals surface area contributed by atoms with Crippen LogP contribution in [0.1, 0.15) is 44.0 Å². The predicted molar refractivity (Wildman–Crippen MR) is 85.7 cm³/mol. The number of benzene rings is 1. The van der Waals surface area contributed by atoms with E-state index in [1.807, 2.05) is 35.0 Å². The summed E-state index contributed by atoms with van der Waals surface area (Å²) < 4.78 is 7.61. The number of hydrogen-bond acceptors (Lipinski definition) is 4. The lowest BCUT2D eigenvalue weighted by atomic mass is 10.1. The van der Waals surface area contributed by atoms with Crippen LogP contribution in [0.25, 0.3) is 0 Å². The lowest BCUT2D eigenvalue weighted by molar-refractivity contribution is 0.275. The fraction of sp³-hybridized carbons (Fsp3) is 0.529. The van der Waals surface area contributed by atoms with E-state index >= 15 is 0 Å². The Hall–Kier alpha value is -1.88. The molecule has 0 atom stereocenters. The molecule has 2 aromatic rings. The van der Waals surface area contributed by atoms with Gasteiger partial charge in [-0.2, -0.15) is 0 Å². The van der Waals surface area contributed by atoms with E-state index in [1.165, 1.54) is 0 Å². The first-order chi connectivity index (χ1) is 10.8. The summed E-state index contributed by atoms with van der Waals surface area (Å²) in [7, 11) is 0. The molecule has 0 aliphatic rings. The van der Waals surface area contributed by atoms with E-state index in [0.29, 0.717) is 12.3 Å². The summed E-state index contributed by atoms with van der Waals surface area (Å²) in [5, 5.41) is 17.6. The highest BCUT2D eigenvalue weighted by Gasteiger charge is 2.11. The van der Waals surface area contributed by atoms with Gasteiger partial charge in [0.15, 0.2) is 0 Å². The predicted octanol–water partition coefficient (Wildman–Crippen LogP) is 2.97. The molecule has 1 heterocycles. The second-order valence-corrected chi connectivity index (χ2v) is 5.34. The first-order valence-electron chi connectivity index (χ1n) is 8.05. The Morgan fingerprint density at radius 3 is 2.68 bits per heavy atom. The molecule has 0 amide bonds. The second kappa shape index (κ2) is 9.20. The summed E-state index contributed by atoms with van der Waals surface area (Å²) in [6.07, 6.45) is 5.11. The summed E-state index contributed by atoms with van der Waals surface area (Å²) in [5.41, 5.74) is 1.79. The van der Waals surface area contributed by atoms with Crippen molar-refractivity contribution in [2.24, 2.45) is 0 Å². The molecule has 1 N–H and O–H groups in total. The normalized spacial score (nSPS) is 10.8. The van der Waals surface area contributed by atoms with Crippen molar-refractivity contribution in [1.82, 2.24) is 15.0 Å². The van der Waals surface area contributed by atoms with E-state index in [4.69, 9.17) is 4.74 Å². The third-order valence-corrected chi connectivity index (χ3v) is 3.61. The molecule has 2 rings (SSSR count). The average Bonchev–Trinajstić information content (AvgIpc) is 2.95. The first kappa shape index (κ1) is 16.5. The molecule has 0 spiro atoms. The highest BCUT2D eigenvalue weighted by Crippen LogP contribution is 2.12. The van der Waals surface area contributed by atoms with Crippen molar-refractivity contribution in [3.05, 3.63) is 41.7 Å². The van der Waals surface area contributed by atoms with Crippen molar-refractivity contribution in [3.63, 3.8) is 0 Å². The fourth-order valence-corrected chi connectivity index (χ4v) is 2.36. The minimum absolute atomic E-state index is 0.0316. The first-order valence-corrected chi connectivity index (χ1v) is 8.05. The van der Waals surface area contributed by atoms with Gasteiger partial charge in [0.25, 0.3) is 0 Å². The number of hydrogen-bond donors (Lipinski definition) is 1. The van der Waals surface area contributed by atoms with Crippen molar-refractivity contribution in [3.8, 4) is 5.75 Å². The third kappa shape index (κ3) is 4.84. The van der Waals surface area contributed by atoms with Gasteiger partial charge in [0.1, 0.15) is 11.4 Å². The van der Waals surface area contributed by atoms with Gasteiger partial charge in [0.2, 0.25) is 0 Å². The van der Waals surface area contributed by atoms with Gasteiger partial charge in [0.05, 0.1) is 18.9 Å². The Kier molecular flexibility index (Phi) is 6.90. The van der Waals surface area contributed by atoms with E-state index < -0.39 is 0 Å². The van der Waals surface area contributed by atoms with Gasteiger partial charge < -0.3 is 9.84 Å². The van der Waals surface area contributed by atoms with Crippen LogP contribution in [-0.2, 0) is 19.6 Å². The van der Waals surface area contributed by atoms with Crippen LogP contribution in [0.15, 0.2) is 30.3 Å². The lowest BCUT2D eigenvalue weighted by Gasteiger charge is -2.08. The summed E-state index contributed by atoms with van der Waals surface area (Å²) >= 11 is 0. The van der Waals surface area contributed by atoms with E-state index in [1.54, 1.807) is 0 Å². The molecule has 1 aromatic heterocycles. The number of unbranched alkanes of at least 4 members (excludes halogenated alkanes) is 2. The molecule has 22 heavy (non-hydrogen) atoms. The third-order valence-electron chi connectivity index (χ3n) is 3.61. The summed E-state index contributed by atoms with van der Waals surface area (Å²) in [6.45, 7) is 3.66. The van der Waals surface area contributed by atoms with Gasteiger partial charge in [-0.25, -0.2) is 4.68 Å². The Morgan fingerprint density at radius 1 is 1.14 bits per heavy atom. The van der Waals surface area contributed by atoms with Crippen LogP contribution in [-0.4, -0.2) is 26.7 Å². The SMILES string of the molecule is CCCCc1c(CO)nnn1CCCCOc1ccccc1. The number of aryl methyl sites for hydroxylation is 1. The maximum absolute atomic E-state index is 9.33. The molecule has 5 nitrogen and oxygen atoms in total. The topological polar surface area (TPSA) is 60.2 Å². The number of nitrogens with zero attached hydrogens (tertiary/aromatic N) is 3. The number of para-hydroxylation sites is 1. The van der Waals surface area contributed by atoms with Gasteiger partial charge in [0, 0.05) is 6.54 Å². The van der Waals surface area contributed by atoms with Gasteiger partial charge in [-0.1, -0.05) is 36.8 Å². The number of aromatic nitrogens is 3. The lowest BCUT2D eigenvalue weighted by Crippen LogP contribution is -2.08. The smallest absolute Gasteiger partial charge is 0.119 e. The van der Waals surface area contributed by atoms with Crippen molar-refractivity contribution in [2.45, 2.75) is 52.2 Å². The highest BCUT2D eigenvalue weighted by atomic mass is 16.5. The number of ether oxygens (including phenoxy) is 1. The maximum atomic E-state index is 9.33. The van der Waals surface area contributed by atoms with Gasteiger partial charge >= 0.3 is 0 Å². The van der Waals surface area contributed by atoms with Gasteiger partial charge in [-0.3, -0.25) is 0 Å². The summed E-state index contributed by atoms with van der Waals surface area (Å²) in [4.78, 5) is 0. The van der Waals surface area contributed by atoms with Crippen LogP contribution in [0.5, 0.6) is 5.75 Å². The van der Waals surface area contributed by atoms with Crippen molar-refractivity contribution < 1.29 is 9.84 Å². The Labute approximate surface area is 131 Å². The quantitative estimate of drug-likeness (QED) is 0.686. The number of aliphatic hydroxyl groups is 1. The van der Waals surface area contributed by atoms with E-state index in [2.05, 4.69) is 17.2 Å². The van der Waals surface area contributed by atoms with Crippen LogP contribution < -0.4 is 4.74 Å². The fourth-order valence-electron chi connectivity index (χ4n) is 2.36. The van der Waals surface area contributed by atoms with E-state index in [-0.39, 0.29) is 6.61 Å². The van der Waals surface area contributed by atoms with Crippen LogP contribution in [0, 0.1) is 0 Å². The van der Waals surface area contributed by atoms with E-state index in [0.717, 1.165) is 50.1 Å². The molecule has 0 aliphatic heterocycles. The zero-order valence-corrected chi connectivity index (χ0v) is 13.2. The van der Waals surface area contributed by atoms with Crippen molar-refractivity contribution in [2.75, 3.05) is 6.61 Å². The number of aliphatic hydroxyl groups excluding tert-OH is 1. The standard InChI is InChI=1S/C17H25N3O2/c1-2-3-11-17-16(14-21)18-19-20(17)12-7-8-13-22-15-9-5-4-6-10-15/h4-6,9-10,21H,2-3,7-8,11-14H2,1H3. The van der Waals surface area contributed by atoms with Crippen molar-refractivity contribution >= 4 is 0 Å².